The Morgan fingerprint density at radius 2 is 1.54 bits per heavy atom. The molecule has 3 nitrogen and oxygen atoms in total. The SMILES string of the molecule is IC[C@@H]1CC[C@@]2(CCCO2)O[C@H](c2ccccc2)[C@@H](c2ccccc2)O1. The van der Waals surface area contributed by atoms with Crippen molar-refractivity contribution < 1.29 is 14.2 Å². The number of rotatable bonds is 3. The zero-order valence-electron chi connectivity index (χ0n) is 14.9. The Hall–Kier alpha value is -0.950. The maximum absolute atomic E-state index is 6.74. The summed E-state index contributed by atoms with van der Waals surface area (Å²) in [6.07, 6.45) is 3.78. The Morgan fingerprint density at radius 3 is 2.12 bits per heavy atom. The summed E-state index contributed by atoms with van der Waals surface area (Å²) in [5.41, 5.74) is 2.30. The van der Waals surface area contributed by atoms with E-state index >= 15 is 0 Å². The van der Waals surface area contributed by atoms with Gasteiger partial charge in [-0.1, -0.05) is 83.3 Å². The van der Waals surface area contributed by atoms with Gasteiger partial charge in [0.05, 0.1) is 12.7 Å². The van der Waals surface area contributed by atoms with Gasteiger partial charge in [-0.15, -0.1) is 0 Å². The predicted molar refractivity (Wildman–Crippen MR) is 110 cm³/mol. The Kier molecular flexibility index (Phi) is 5.93. The van der Waals surface area contributed by atoms with Gasteiger partial charge in [-0.2, -0.15) is 0 Å². The highest BCUT2D eigenvalue weighted by atomic mass is 127. The highest BCUT2D eigenvalue weighted by Crippen LogP contribution is 2.46. The van der Waals surface area contributed by atoms with Gasteiger partial charge >= 0.3 is 0 Å². The van der Waals surface area contributed by atoms with Crippen molar-refractivity contribution in [3.05, 3.63) is 71.8 Å². The summed E-state index contributed by atoms with van der Waals surface area (Å²) in [4.78, 5) is 0. The Labute approximate surface area is 169 Å². The minimum Gasteiger partial charge on any atom is -0.366 e. The fourth-order valence-electron chi connectivity index (χ4n) is 3.94. The second-order valence-electron chi connectivity index (χ2n) is 7.09. The van der Waals surface area contributed by atoms with Crippen molar-refractivity contribution in [3.63, 3.8) is 0 Å². The maximum atomic E-state index is 6.74. The standard InChI is InChI=1S/C22H25IO3/c23-16-19-12-14-22(13-7-15-24-22)26-21(18-10-5-2-6-11-18)20(25-19)17-8-3-1-4-9-17/h1-6,8-11,19-21H,7,12-16H2/t19-,20+,21+,22+/m0/s1. The van der Waals surface area contributed by atoms with Gasteiger partial charge in [0.1, 0.15) is 12.2 Å². The Balaban J connectivity index is 1.76. The first-order chi connectivity index (χ1) is 12.8. The van der Waals surface area contributed by atoms with E-state index < -0.39 is 5.79 Å². The van der Waals surface area contributed by atoms with Crippen molar-refractivity contribution >= 4 is 22.6 Å². The molecule has 2 aromatic rings. The first-order valence-electron chi connectivity index (χ1n) is 9.43. The van der Waals surface area contributed by atoms with E-state index in [1.54, 1.807) is 0 Å². The zero-order valence-corrected chi connectivity index (χ0v) is 17.0. The number of hydrogen-bond acceptors (Lipinski definition) is 3. The van der Waals surface area contributed by atoms with Crippen molar-refractivity contribution in [1.82, 2.24) is 0 Å². The molecule has 2 aliphatic heterocycles. The van der Waals surface area contributed by atoms with E-state index in [1.165, 1.54) is 0 Å². The number of benzene rings is 2. The third-order valence-electron chi connectivity index (χ3n) is 5.30. The second kappa shape index (κ2) is 8.38. The van der Waals surface area contributed by atoms with Crippen LogP contribution in [-0.2, 0) is 14.2 Å². The lowest BCUT2D eigenvalue weighted by molar-refractivity contribution is -0.279. The number of alkyl halides is 1. The molecule has 0 aromatic heterocycles. The van der Waals surface area contributed by atoms with Gasteiger partial charge in [-0.05, 0) is 24.0 Å². The van der Waals surface area contributed by atoms with E-state index in [0.717, 1.165) is 47.8 Å². The molecule has 0 saturated carbocycles. The number of ether oxygens (including phenoxy) is 3. The molecule has 26 heavy (non-hydrogen) atoms. The molecule has 2 heterocycles. The zero-order chi connectivity index (χ0) is 17.8. The molecule has 2 fully saturated rings. The summed E-state index contributed by atoms with van der Waals surface area (Å²) >= 11 is 2.43. The number of hydrogen-bond donors (Lipinski definition) is 0. The van der Waals surface area contributed by atoms with Gasteiger partial charge < -0.3 is 14.2 Å². The van der Waals surface area contributed by atoms with Crippen molar-refractivity contribution in [2.45, 2.75) is 49.8 Å². The van der Waals surface area contributed by atoms with E-state index in [0.29, 0.717) is 0 Å². The highest BCUT2D eigenvalue weighted by Gasteiger charge is 2.44. The van der Waals surface area contributed by atoms with E-state index in [2.05, 4.69) is 71.1 Å². The molecule has 4 heteroatoms. The van der Waals surface area contributed by atoms with Crippen molar-refractivity contribution in [2.24, 2.45) is 0 Å². The molecule has 2 saturated heterocycles. The average molecular weight is 464 g/mol. The molecule has 4 rings (SSSR count). The summed E-state index contributed by atoms with van der Waals surface area (Å²) in [6, 6.07) is 20.9. The predicted octanol–water partition coefficient (Wildman–Crippen LogP) is 5.61. The lowest BCUT2D eigenvalue weighted by atomic mass is 9.94. The maximum Gasteiger partial charge on any atom is 0.169 e. The van der Waals surface area contributed by atoms with E-state index in [9.17, 15) is 0 Å². The summed E-state index contributed by atoms with van der Waals surface area (Å²) in [5.74, 6) is -0.471. The Bertz CT molecular complexity index is 685. The summed E-state index contributed by atoms with van der Waals surface area (Å²) in [6.45, 7) is 0.785. The van der Waals surface area contributed by atoms with Crippen LogP contribution in [0.2, 0.25) is 0 Å². The molecule has 2 aliphatic rings. The lowest BCUT2D eigenvalue weighted by Crippen LogP contribution is -2.40. The molecule has 0 N–H and O–H groups in total. The van der Waals surface area contributed by atoms with Crippen molar-refractivity contribution in [3.8, 4) is 0 Å². The monoisotopic (exact) mass is 464 g/mol. The molecule has 0 bridgehead atoms. The van der Waals surface area contributed by atoms with Gasteiger partial charge in [0.25, 0.3) is 0 Å². The van der Waals surface area contributed by atoms with Crippen LogP contribution in [0.5, 0.6) is 0 Å². The summed E-state index contributed by atoms with van der Waals surface area (Å²) < 4.78 is 20.5. The molecule has 0 radical (unpaired) electrons. The molecule has 138 valence electrons. The van der Waals surface area contributed by atoms with Crippen LogP contribution < -0.4 is 0 Å². The van der Waals surface area contributed by atoms with E-state index in [-0.39, 0.29) is 18.3 Å². The van der Waals surface area contributed by atoms with Crippen molar-refractivity contribution in [1.29, 1.82) is 0 Å². The molecule has 0 aliphatic carbocycles. The van der Waals surface area contributed by atoms with E-state index in [1.807, 2.05) is 12.1 Å². The second-order valence-corrected chi connectivity index (χ2v) is 7.97. The fourth-order valence-corrected chi connectivity index (χ4v) is 4.58. The van der Waals surface area contributed by atoms with Gasteiger partial charge in [0.15, 0.2) is 5.79 Å². The van der Waals surface area contributed by atoms with Crippen LogP contribution in [0.4, 0.5) is 0 Å². The molecule has 1 spiro atoms. The molecule has 4 atom stereocenters. The van der Waals surface area contributed by atoms with Gasteiger partial charge in [-0.25, -0.2) is 0 Å². The topological polar surface area (TPSA) is 27.7 Å². The average Bonchev–Trinajstić information content (AvgIpc) is 3.16. The first-order valence-corrected chi connectivity index (χ1v) is 11.0. The first kappa shape index (κ1) is 18.4. The lowest BCUT2D eigenvalue weighted by Gasteiger charge is -2.41. The molecular formula is C22H25IO3. The molecule has 0 amide bonds. The van der Waals surface area contributed by atoms with Gasteiger partial charge in [0.2, 0.25) is 0 Å². The van der Waals surface area contributed by atoms with E-state index in [4.69, 9.17) is 14.2 Å². The van der Waals surface area contributed by atoms with Crippen LogP contribution >= 0.6 is 22.6 Å². The van der Waals surface area contributed by atoms with Crippen LogP contribution in [0.25, 0.3) is 0 Å². The van der Waals surface area contributed by atoms with Crippen molar-refractivity contribution in [2.75, 3.05) is 11.0 Å². The van der Waals surface area contributed by atoms with Crippen LogP contribution in [0.15, 0.2) is 60.7 Å². The largest absolute Gasteiger partial charge is 0.366 e. The Morgan fingerprint density at radius 1 is 0.885 bits per heavy atom. The van der Waals surface area contributed by atoms with Gasteiger partial charge in [0, 0.05) is 17.3 Å². The summed E-state index contributed by atoms with van der Waals surface area (Å²) in [7, 11) is 0. The van der Waals surface area contributed by atoms with Crippen LogP contribution in [0, 0.1) is 0 Å². The third kappa shape index (κ3) is 3.98. The minimum absolute atomic E-state index is 0.139. The normalized spacial score (nSPS) is 32.3. The van der Waals surface area contributed by atoms with Crippen LogP contribution in [-0.4, -0.2) is 22.9 Å². The van der Waals surface area contributed by atoms with Crippen LogP contribution in [0.1, 0.15) is 49.0 Å². The quantitative estimate of drug-likeness (QED) is 0.437. The molecule has 2 aromatic carbocycles. The molecule has 0 unspecified atom stereocenters. The smallest absolute Gasteiger partial charge is 0.169 e. The molecular weight excluding hydrogens is 439 g/mol. The van der Waals surface area contributed by atoms with Crippen LogP contribution in [0.3, 0.4) is 0 Å². The third-order valence-corrected chi connectivity index (χ3v) is 6.28. The van der Waals surface area contributed by atoms with Gasteiger partial charge in [-0.3, -0.25) is 0 Å². The number of halogens is 1. The fraction of sp³-hybridized carbons (Fsp3) is 0.455. The highest BCUT2D eigenvalue weighted by molar-refractivity contribution is 14.1. The summed E-state index contributed by atoms with van der Waals surface area (Å²) in [5, 5.41) is 0. The minimum atomic E-state index is -0.471.